The fourth-order valence-electron chi connectivity index (χ4n) is 1.80. The number of amides is 3. The molecule has 1 fully saturated rings. The van der Waals surface area contributed by atoms with Crippen LogP contribution in [0.25, 0.3) is 0 Å². The van der Waals surface area contributed by atoms with Crippen molar-refractivity contribution in [2.45, 2.75) is 10.4 Å². The summed E-state index contributed by atoms with van der Waals surface area (Å²) in [4.78, 5) is 24.1. The van der Waals surface area contributed by atoms with Gasteiger partial charge < -0.3 is 10.6 Å². The van der Waals surface area contributed by atoms with Crippen molar-refractivity contribution in [1.82, 2.24) is 10.2 Å². The summed E-state index contributed by atoms with van der Waals surface area (Å²) < 4.78 is 37.3. The molecule has 0 atom stereocenters. The van der Waals surface area contributed by atoms with E-state index in [1.54, 1.807) is 6.07 Å². The van der Waals surface area contributed by atoms with Crippen molar-refractivity contribution in [3.8, 4) is 0 Å². The summed E-state index contributed by atoms with van der Waals surface area (Å²) in [5.74, 6) is -0.489. The van der Waals surface area contributed by atoms with Crippen molar-refractivity contribution >= 4 is 29.4 Å². The predicted molar refractivity (Wildman–Crippen MR) is 72.0 cm³/mol. The van der Waals surface area contributed by atoms with Gasteiger partial charge in [0, 0.05) is 23.7 Å². The van der Waals surface area contributed by atoms with Gasteiger partial charge in [0.2, 0.25) is 5.91 Å². The number of alkyl halides is 3. The van der Waals surface area contributed by atoms with Crippen LogP contribution in [0.1, 0.15) is 0 Å². The number of hydrogen-bond donors (Lipinski definition) is 2. The SMILES string of the molecule is O=C(CNc1ccccc1SC(F)(F)F)N1CCNC1=O. The third kappa shape index (κ3) is 4.28. The van der Waals surface area contributed by atoms with Gasteiger partial charge in [0.05, 0.1) is 6.54 Å². The van der Waals surface area contributed by atoms with Crippen LogP contribution < -0.4 is 10.6 Å². The third-order valence-corrected chi connectivity index (χ3v) is 3.51. The van der Waals surface area contributed by atoms with Crippen molar-refractivity contribution in [2.24, 2.45) is 0 Å². The predicted octanol–water partition coefficient (Wildman–Crippen LogP) is 2.26. The van der Waals surface area contributed by atoms with Gasteiger partial charge in [0.15, 0.2) is 0 Å². The number of benzene rings is 1. The molecule has 21 heavy (non-hydrogen) atoms. The maximum atomic E-state index is 12.4. The molecular weight excluding hydrogens is 307 g/mol. The highest BCUT2D eigenvalue weighted by Crippen LogP contribution is 2.40. The van der Waals surface area contributed by atoms with Gasteiger partial charge in [-0.3, -0.25) is 9.69 Å². The van der Waals surface area contributed by atoms with E-state index >= 15 is 0 Å². The van der Waals surface area contributed by atoms with Gasteiger partial charge in [-0.15, -0.1) is 0 Å². The van der Waals surface area contributed by atoms with Gasteiger partial charge in [0.25, 0.3) is 0 Å². The maximum Gasteiger partial charge on any atom is 0.446 e. The number of hydrogen-bond acceptors (Lipinski definition) is 4. The number of rotatable bonds is 4. The highest BCUT2D eigenvalue weighted by Gasteiger charge is 2.30. The second-order valence-electron chi connectivity index (χ2n) is 4.17. The molecule has 1 aliphatic heterocycles. The molecule has 2 rings (SSSR count). The summed E-state index contributed by atoms with van der Waals surface area (Å²) >= 11 is -0.255. The van der Waals surface area contributed by atoms with Gasteiger partial charge in [-0.05, 0) is 23.9 Å². The molecule has 9 heteroatoms. The standard InChI is InChI=1S/C12H12F3N3O2S/c13-12(14,15)21-9-4-2-1-3-8(9)17-7-10(19)18-6-5-16-11(18)20/h1-4,17H,5-7H2,(H,16,20). The Morgan fingerprint density at radius 3 is 2.71 bits per heavy atom. The lowest BCUT2D eigenvalue weighted by atomic mass is 10.3. The first-order chi connectivity index (χ1) is 9.87. The minimum Gasteiger partial charge on any atom is -0.375 e. The van der Waals surface area contributed by atoms with Crippen LogP contribution in [-0.4, -0.2) is 42.0 Å². The monoisotopic (exact) mass is 319 g/mol. The first kappa shape index (κ1) is 15.5. The molecule has 1 heterocycles. The minimum absolute atomic E-state index is 0.0244. The number of urea groups is 1. The number of para-hydroxylation sites is 1. The topological polar surface area (TPSA) is 61.4 Å². The van der Waals surface area contributed by atoms with Crippen LogP contribution in [0.2, 0.25) is 0 Å². The fourth-order valence-corrected chi connectivity index (χ4v) is 2.45. The van der Waals surface area contributed by atoms with E-state index in [2.05, 4.69) is 10.6 Å². The van der Waals surface area contributed by atoms with E-state index in [0.717, 1.165) is 4.90 Å². The molecule has 3 amide bonds. The van der Waals surface area contributed by atoms with Crippen LogP contribution in [0.4, 0.5) is 23.7 Å². The lowest BCUT2D eigenvalue weighted by Crippen LogP contribution is -2.38. The van der Waals surface area contributed by atoms with Crippen LogP contribution in [0.5, 0.6) is 0 Å². The Balaban J connectivity index is 2.00. The first-order valence-electron chi connectivity index (χ1n) is 6.03. The molecule has 0 radical (unpaired) electrons. The summed E-state index contributed by atoms with van der Waals surface area (Å²) in [6, 6.07) is 5.32. The van der Waals surface area contributed by atoms with Gasteiger partial charge in [0.1, 0.15) is 0 Å². The van der Waals surface area contributed by atoms with E-state index in [1.807, 2.05) is 0 Å². The maximum absolute atomic E-state index is 12.4. The Hall–Kier alpha value is -1.90. The molecule has 0 saturated carbocycles. The number of anilines is 1. The van der Waals surface area contributed by atoms with Crippen molar-refractivity contribution in [3.63, 3.8) is 0 Å². The number of carbonyl (C=O) groups excluding carboxylic acids is 2. The van der Waals surface area contributed by atoms with Crippen LogP contribution in [-0.2, 0) is 4.79 Å². The molecule has 0 aliphatic carbocycles. The Bertz CT molecular complexity index is 551. The van der Waals surface area contributed by atoms with Crippen molar-refractivity contribution in [1.29, 1.82) is 0 Å². The van der Waals surface area contributed by atoms with E-state index in [0.29, 0.717) is 6.54 Å². The Kier molecular flexibility index (Phi) is 4.61. The van der Waals surface area contributed by atoms with Gasteiger partial charge >= 0.3 is 11.5 Å². The highest BCUT2D eigenvalue weighted by molar-refractivity contribution is 8.00. The number of halogens is 3. The average Bonchev–Trinajstić information content (AvgIpc) is 2.82. The molecule has 0 bridgehead atoms. The lowest BCUT2D eigenvalue weighted by Gasteiger charge is -2.15. The molecule has 1 aliphatic rings. The van der Waals surface area contributed by atoms with Gasteiger partial charge in [-0.1, -0.05) is 12.1 Å². The van der Waals surface area contributed by atoms with Crippen LogP contribution in [0.3, 0.4) is 0 Å². The molecule has 1 aromatic carbocycles. The van der Waals surface area contributed by atoms with E-state index in [1.165, 1.54) is 18.2 Å². The molecule has 0 aromatic heterocycles. The number of nitrogens with zero attached hydrogens (tertiary/aromatic N) is 1. The zero-order valence-corrected chi connectivity index (χ0v) is 11.6. The van der Waals surface area contributed by atoms with E-state index in [9.17, 15) is 22.8 Å². The zero-order chi connectivity index (χ0) is 15.5. The highest BCUT2D eigenvalue weighted by atomic mass is 32.2. The van der Waals surface area contributed by atoms with E-state index < -0.39 is 17.4 Å². The largest absolute Gasteiger partial charge is 0.446 e. The van der Waals surface area contributed by atoms with Crippen LogP contribution >= 0.6 is 11.8 Å². The quantitative estimate of drug-likeness (QED) is 0.836. The fraction of sp³-hybridized carbons (Fsp3) is 0.333. The Morgan fingerprint density at radius 1 is 1.38 bits per heavy atom. The van der Waals surface area contributed by atoms with Crippen LogP contribution in [0.15, 0.2) is 29.2 Å². The zero-order valence-electron chi connectivity index (χ0n) is 10.7. The molecule has 114 valence electrons. The smallest absolute Gasteiger partial charge is 0.375 e. The molecule has 1 saturated heterocycles. The number of imide groups is 1. The van der Waals surface area contributed by atoms with E-state index in [-0.39, 0.29) is 35.4 Å². The Labute approximate surface area is 122 Å². The summed E-state index contributed by atoms with van der Waals surface area (Å²) in [6.45, 7) is 0.395. The van der Waals surface area contributed by atoms with Crippen molar-refractivity contribution in [3.05, 3.63) is 24.3 Å². The van der Waals surface area contributed by atoms with Gasteiger partial charge in [-0.25, -0.2) is 4.79 Å². The minimum atomic E-state index is -4.41. The van der Waals surface area contributed by atoms with Crippen molar-refractivity contribution in [2.75, 3.05) is 25.0 Å². The molecule has 0 spiro atoms. The summed E-state index contributed by atoms with van der Waals surface area (Å²) in [5.41, 5.74) is -4.20. The molecule has 5 nitrogen and oxygen atoms in total. The number of thioether (sulfide) groups is 1. The molecule has 1 aromatic rings. The third-order valence-electron chi connectivity index (χ3n) is 2.70. The van der Waals surface area contributed by atoms with E-state index in [4.69, 9.17) is 0 Å². The van der Waals surface area contributed by atoms with Gasteiger partial charge in [-0.2, -0.15) is 13.2 Å². The molecule has 2 N–H and O–H groups in total. The first-order valence-corrected chi connectivity index (χ1v) is 6.85. The molecular formula is C12H12F3N3O2S. The Morgan fingerprint density at radius 2 is 2.10 bits per heavy atom. The second-order valence-corrected chi connectivity index (χ2v) is 5.28. The van der Waals surface area contributed by atoms with Crippen molar-refractivity contribution < 1.29 is 22.8 Å². The number of nitrogens with one attached hydrogen (secondary N) is 2. The summed E-state index contributed by atoms with van der Waals surface area (Å²) in [7, 11) is 0. The normalized spacial score (nSPS) is 15.0. The lowest BCUT2D eigenvalue weighted by molar-refractivity contribution is -0.125. The van der Waals surface area contributed by atoms with Crippen LogP contribution in [0, 0.1) is 0 Å². The summed E-state index contributed by atoms with van der Waals surface area (Å²) in [5, 5.41) is 5.12. The number of carbonyl (C=O) groups is 2. The second kappa shape index (κ2) is 6.25. The summed E-state index contributed by atoms with van der Waals surface area (Å²) in [6.07, 6.45) is 0. The average molecular weight is 319 g/mol. The molecule has 0 unspecified atom stereocenters.